The van der Waals surface area contributed by atoms with Gasteiger partial charge in [-0.25, -0.2) is 4.79 Å². The van der Waals surface area contributed by atoms with Crippen LogP contribution in [0.4, 0.5) is 0 Å². The summed E-state index contributed by atoms with van der Waals surface area (Å²) in [5.74, 6) is -7.15. The summed E-state index contributed by atoms with van der Waals surface area (Å²) in [4.78, 5) is 123. The summed E-state index contributed by atoms with van der Waals surface area (Å²) >= 11 is 0. The van der Waals surface area contributed by atoms with Crippen molar-refractivity contribution in [3.8, 4) is 5.75 Å². The van der Waals surface area contributed by atoms with Crippen molar-refractivity contribution in [1.82, 2.24) is 46.7 Å². The molecule has 6 rings (SSSR count). The Labute approximate surface area is 367 Å². The van der Waals surface area contributed by atoms with E-state index in [1.807, 2.05) is 0 Å². The number of aromatic nitrogens is 1. The molecule has 2 aromatic carbocycles. The molecule has 7 unspecified atom stereocenters. The Hall–Kier alpha value is -7.03. The van der Waals surface area contributed by atoms with Crippen LogP contribution in [0.2, 0.25) is 0 Å². The molecule has 2 fully saturated rings. The van der Waals surface area contributed by atoms with Crippen LogP contribution in [-0.4, -0.2) is 136 Å². The van der Waals surface area contributed by atoms with Gasteiger partial charge in [0.2, 0.25) is 41.4 Å². The Balaban J connectivity index is 1.39. The normalized spacial score (nSPS) is 23.8. The number of aliphatic hydroxyl groups is 1. The summed E-state index contributed by atoms with van der Waals surface area (Å²) in [6, 6.07) is 5.28. The predicted molar refractivity (Wildman–Crippen MR) is 225 cm³/mol. The van der Waals surface area contributed by atoms with Crippen LogP contribution in [-0.2, 0) is 60.7 Å². The number of phenols is 1. The van der Waals surface area contributed by atoms with Gasteiger partial charge in [-0.1, -0.05) is 44.2 Å². The number of phenolic OH excluding ortho intramolecular Hbond substituents is 1. The van der Waals surface area contributed by atoms with E-state index in [1.54, 1.807) is 50.2 Å². The number of hydrogen-bond donors (Lipinski definition) is 9. The molecule has 9 N–H and O–H groups in total. The number of benzene rings is 2. The quantitative estimate of drug-likeness (QED) is 0.0991. The SMILES string of the molecule is COC(=O)C1Cc2cn(c3ccccc23)C(NC(=O)C(Cc2ccc(O)cc2)NC(=O)C2CCCN2C(=O)C2CCC(=O)N2)C(=O)NC(C(C)C)C(=O)NCC(=O)NC(CO)C(=O)N1. The van der Waals surface area contributed by atoms with Crippen LogP contribution in [0.1, 0.15) is 56.8 Å². The summed E-state index contributed by atoms with van der Waals surface area (Å²) in [5, 5.41) is 38.6. The van der Waals surface area contributed by atoms with Gasteiger partial charge in [-0.2, -0.15) is 0 Å². The fourth-order valence-corrected chi connectivity index (χ4v) is 8.11. The highest BCUT2D eigenvalue weighted by molar-refractivity contribution is 5.99. The molecule has 0 radical (unpaired) electrons. The van der Waals surface area contributed by atoms with Crippen molar-refractivity contribution in [1.29, 1.82) is 0 Å². The van der Waals surface area contributed by atoms with Gasteiger partial charge < -0.3 is 61.6 Å². The number of esters is 1. The number of para-hydroxylation sites is 1. The number of rotatable bonds is 10. The van der Waals surface area contributed by atoms with E-state index in [0.717, 1.165) is 7.11 Å². The van der Waals surface area contributed by atoms with E-state index in [4.69, 9.17) is 4.74 Å². The molecule has 2 saturated heterocycles. The summed E-state index contributed by atoms with van der Waals surface area (Å²) in [5.41, 5.74) is 1.28. The minimum absolute atomic E-state index is 0.0480. The van der Waals surface area contributed by atoms with Crippen molar-refractivity contribution < 1.29 is 58.1 Å². The van der Waals surface area contributed by atoms with Crippen LogP contribution in [0, 0.1) is 5.92 Å². The van der Waals surface area contributed by atoms with E-state index < -0.39 is 109 Å². The highest BCUT2D eigenvalue weighted by Crippen LogP contribution is 2.27. The van der Waals surface area contributed by atoms with Crippen LogP contribution in [0.25, 0.3) is 10.9 Å². The van der Waals surface area contributed by atoms with E-state index >= 15 is 0 Å². The van der Waals surface area contributed by atoms with Crippen LogP contribution >= 0.6 is 0 Å². The van der Waals surface area contributed by atoms with Crippen LogP contribution < -0.4 is 37.2 Å². The molecule has 21 nitrogen and oxygen atoms in total. The molecule has 21 heteroatoms. The maximum atomic E-state index is 14.7. The van der Waals surface area contributed by atoms with Gasteiger partial charge in [-0.05, 0) is 54.5 Å². The molecule has 0 saturated carbocycles. The smallest absolute Gasteiger partial charge is 0.328 e. The highest BCUT2D eigenvalue weighted by atomic mass is 16.5. The topological polar surface area (TPSA) is 296 Å². The third kappa shape index (κ3) is 10.8. The van der Waals surface area contributed by atoms with Gasteiger partial charge in [-0.15, -0.1) is 0 Å². The van der Waals surface area contributed by atoms with E-state index in [0.29, 0.717) is 28.5 Å². The molecule has 3 aliphatic rings. The maximum absolute atomic E-state index is 14.7. The lowest BCUT2D eigenvalue weighted by Crippen LogP contribution is -2.58. The van der Waals surface area contributed by atoms with Gasteiger partial charge in [0, 0.05) is 37.4 Å². The summed E-state index contributed by atoms with van der Waals surface area (Å²) in [7, 11) is 1.11. The lowest BCUT2D eigenvalue weighted by atomic mass is 10.0. The Morgan fingerprint density at radius 1 is 0.875 bits per heavy atom. The molecule has 1 aromatic heterocycles. The number of carbonyl (C=O) groups excluding carboxylic acids is 9. The maximum Gasteiger partial charge on any atom is 0.328 e. The lowest BCUT2D eigenvalue weighted by molar-refractivity contribution is -0.145. The van der Waals surface area contributed by atoms with Crippen LogP contribution in [0.5, 0.6) is 5.75 Å². The van der Waals surface area contributed by atoms with Crippen molar-refractivity contribution in [2.45, 2.75) is 94.8 Å². The second-order valence-corrected chi connectivity index (χ2v) is 16.3. The van der Waals surface area contributed by atoms with Gasteiger partial charge in [0.25, 0.3) is 5.91 Å². The summed E-state index contributed by atoms with van der Waals surface area (Å²) < 4.78 is 6.39. The molecule has 3 aromatic rings. The first-order valence-electron chi connectivity index (χ1n) is 21.0. The Bertz CT molecular complexity index is 2300. The van der Waals surface area contributed by atoms with Gasteiger partial charge in [0.15, 0.2) is 6.17 Å². The second kappa shape index (κ2) is 20.4. The first-order valence-corrected chi connectivity index (χ1v) is 21.0. The number of hydrogen-bond acceptors (Lipinski definition) is 12. The van der Waals surface area contributed by atoms with Crippen molar-refractivity contribution in [2.24, 2.45) is 5.92 Å². The van der Waals surface area contributed by atoms with E-state index in [2.05, 4.69) is 37.2 Å². The number of ether oxygens (including phenoxy) is 1. The third-order valence-corrected chi connectivity index (χ3v) is 11.5. The minimum Gasteiger partial charge on any atom is -0.508 e. The zero-order valence-corrected chi connectivity index (χ0v) is 35.6. The number of likely N-dealkylation sites (tertiary alicyclic amines) is 1. The fraction of sp³-hybridized carbons (Fsp3) is 0.465. The molecular formula is C43H53N9O12. The van der Waals surface area contributed by atoms with E-state index in [-0.39, 0.29) is 50.3 Å². The summed E-state index contributed by atoms with van der Waals surface area (Å²) in [6.07, 6.45) is 0.695. The Morgan fingerprint density at radius 3 is 2.28 bits per heavy atom. The van der Waals surface area contributed by atoms with Crippen molar-refractivity contribution in [2.75, 3.05) is 26.8 Å². The number of nitrogens with zero attached hydrogens (tertiary/aromatic N) is 2. The zero-order valence-electron chi connectivity index (χ0n) is 35.6. The molecule has 3 aliphatic heterocycles. The third-order valence-electron chi connectivity index (χ3n) is 11.5. The van der Waals surface area contributed by atoms with Crippen LogP contribution in [0.15, 0.2) is 54.7 Å². The minimum atomic E-state index is -1.65. The monoisotopic (exact) mass is 887 g/mol. The molecule has 0 aliphatic carbocycles. The Kier molecular flexibility index (Phi) is 14.8. The molecule has 342 valence electrons. The number of carbonyl (C=O) groups is 9. The molecule has 2 bridgehead atoms. The van der Waals surface area contributed by atoms with Gasteiger partial charge in [-0.3, -0.25) is 38.4 Å². The number of aromatic hydroxyl groups is 1. The molecule has 0 spiro atoms. The fourth-order valence-electron chi connectivity index (χ4n) is 8.11. The zero-order chi connectivity index (χ0) is 46.2. The second-order valence-electron chi connectivity index (χ2n) is 16.3. The van der Waals surface area contributed by atoms with Gasteiger partial charge >= 0.3 is 5.97 Å². The Morgan fingerprint density at radius 2 is 1.61 bits per heavy atom. The van der Waals surface area contributed by atoms with Crippen molar-refractivity contribution >= 4 is 64.1 Å². The molecule has 64 heavy (non-hydrogen) atoms. The first kappa shape index (κ1) is 46.5. The number of methoxy groups -OCH3 is 1. The number of aliphatic hydroxyl groups excluding tert-OH is 1. The number of fused-ring (bicyclic) bond motifs is 5. The molecular weight excluding hydrogens is 835 g/mol. The van der Waals surface area contributed by atoms with Crippen LogP contribution in [0.3, 0.4) is 0 Å². The molecule has 4 heterocycles. The lowest BCUT2D eigenvalue weighted by Gasteiger charge is -2.30. The first-order chi connectivity index (χ1) is 30.6. The number of amides is 8. The highest BCUT2D eigenvalue weighted by Gasteiger charge is 2.41. The number of nitrogens with one attached hydrogen (secondary N) is 7. The molecule has 7 atom stereocenters. The van der Waals surface area contributed by atoms with Crippen molar-refractivity contribution in [3.05, 3.63) is 65.9 Å². The summed E-state index contributed by atoms with van der Waals surface area (Å²) in [6.45, 7) is 2.02. The predicted octanol–water partition coefficient (Wildman–Crippen LogP) is -2.09. The van der Waals surface area contributed by atoms with Gasteiger partial charge in [0.1, 0.15) is 42.0 Å². The van der Waals surface area contributed by atoms with Crippen molar-refractivity contribution in [3.63, 3.8) is 0 Å². The van der Waals surface area contributed by atoms with E-state index in [1.165, 1.54) is 27.8 Å². The molecule has 8 amide bonds. The largest absolute Gasteiger partial charge is 0.508 e. The average Bonchev–Trinajstić information content (AvgIpc) is 4.04. The van der Waals surface area contributed by atoms with E-state index in [9.17, 15) is 53.4 Å². The van der Waals surface area contributed by atoms with Gasteiger partial charge in [0.05, 0.1) is 25.8 Å². The standard InChI is InChI=1S/C43H53N9O12/c1-22(2)35-40(60)44-19-34(56)46-30(21-53)38(58)48-29(43(63)64-3)18-24-20-52(31-8-5-4-7-26(24)31)36(41(61)49-35)50-37(57)28(17-23-10-12-25(54)13-11-23)47-39(59)32-9-6-16-51(32)42(62)27-14-15-33(55)45-27/h4-5,7-8,10-13,20,22,27-30,32,35-36,53-54H,6,9,14-19,21H2,1-3H3,(H,44,60)(H,45,55)(H,46,56)(H,47,59)(H,48,58)(H,49,61)(H,50,57). The average molecular weight is 888 g/mol.